The van der Waals surface area contributed by atoms with Crippen LogP contribution in [-0.4, -0.2) is 26.6 Å². The zero-order valence-electron chi connectivity index (χ0n) is 13.3. The van der Waals surface area contributed by atoms with Gasteiger partial charge in [-0.2, -0.15) is 4.39 Å². The Morgan fingerprint density at radius 1 is 1.09 bits per heavy atom. The molecule has 0 amide bonds. The van der Waals surface area contributed by atoms with Crippen molar-refractivity contribution in [3.05, 3.63) is 41.5 Å². The fourth-order valence-corrected chi connectivity index (χ4v) is 3.56. The molecule has 0 unspecified atom stereocenters. The van der Waals surface area contributed by atoms with E-state index in [1.807, 2.05) is 0 Å². The second kappa shape index (κ2) is 6.97. The summed E-state index contributed by atoms with van der Waals surface area (Å²) in [6.07, 6.45) is 3.09. The monoisotopic (exact) mass is 324 g/mol. The summed E-state index contributed by atoms with van der Waals surface area (Å²) in [7, 11) is 1.33. The van der Waals surface area contributed by atoms with E-state index in [1.54, 1.807) is 6.07 Å². The fourth-order valence-electron chi connectivity index (χ4n) is 3.56. The molecule has 126 valence electrons. The molecular weight excluding hydrogens is 302 g/mol. The van der Waals surface area contributed by atoms with E-state index in [0.29, 0.717) is 24.7 Å². The maximum Gasteiger partial charge on any atom is 0.200 e. The number of rotatable bonds is 4. The summed E-state index contributed by atoms with van der Waals surface area (Å²) >= 11 is 0. The number of ether oxygens (including phenoxy) is 3. The molecule has 1 aliphatic heterocycles. The van der Waals surface area contributed by atoms with Crippen molar-refractivity contribution < 1.29 is 23.0 Å². The Morgan fingerprint density at radius 2 is 1.74 bits per heavy atom. The largest absolute Gasteiger partial charge is 0.494 e. The smallest absolute Gasteiger partial charge is 0.200 e. The van der Waals surface area contributed by atoms with Crippen LogP contribution in [0.25, 0.3) is 0 Å². The van der Waals surface area contributed by atoms with E-state index < -0.39 is 11.6 Å². The van der Waals surface area contributed by atoms with Crippen molar-refractivity contribution in [1.29, 1.82) is 0 Å². The van der Waals surface area contributed by atoms with Gasteiger partial charge in [0.25, 0.3) is 0 Å². The third-order valence-corrected chi connectivity index (χ3v) is 4.91. The Hall–Kier alpha value is -1.46. The van der Waals surface area contributed by atoms with Crippen LogP contribution in [-0.2, 0) is 9.47 Å². The predicted molar refractivity (Wildman–Crippen MR) is 82.4 cm³/mol. The van der Waals surface area contributed by atoms with Crippen LogP contribution in [0.15, 0.2) is 24.3 Å². The van der Waals surface area contributed by atoms with Crippen LogP contribution in [0, 0.1) is 17.6 Å². The molecule has 1 aromatic rings. The molecule has 0 spiro atoms. The molecule has 3 rings (SSSR count). The van der Waals surface area contributed by atoms with Gasteiger partial charge in [-0.1, -0.05) is 12.6 Å². The number of hydrogen-bond acceptors (Lipinski definition) is 3. The van der Waals surface area contributed by atoms with Crippen LogP contribution < -0.4 is 4.74 Å². The van der Waals surface area contributed by atoms with Gasteiger partial charge in [0.1, 0.15) is 0 Å². The topological polar surface area (TPSA) is 27.7 Å². The molecular formula is C18H22F2O3. The lowest BCUT2D eigenvalue weighted by atomic mass is 9.76. The fraction of sp³-hybridized carbons (Fsp3) is 0.556. The third kappa shape index (κ3) is 3.26. The Kier molecular flexibility index (Phi) is 4.97. The lowest BCUT2D eigenvalue weighted by molar-refractivity contribution is -0.0198. The van der Waals surface area contributed by atoms with Crippen molar-refractivity contribution in [2.75, 3.05) is 20.3 Å². The molecule has 0 aromatic heterocycles. The Balaban J connectivity index is 1.65. The highest BCUT2D eigenvalue weighted by atomic mass is 19.2. The first kappa shape index (κ1) is 16.4. The molecule has 2 fully saturated rings. The molecule has 0 radical (unpaired) electrons. The highest BCUT2D eigenvalue weighted by Gasteiger charge is 2.31. The average Bonchev–Trinajstić information content (AvgIpc) is 3.11. The van der Waals surface area contributed by atoms with Gasteiger partial charge in [0.15, 0.2) is 17.9 Å². The highest BCUT2D eigenvalue weighted by molar-refractivity contribution is 5.33. The van der Waals surface area contributed by atoms with Crippen molar-refractivity contribution in [2.45, 2.75) is 37.9 Å². The van der Waals surface area contributed by atoms with Gasteiger partial charge in [-0.3, -0.25) is 0 Å². The van der Waals surface area contributed by atoms with Crippen molar-refractivity contribution in [1.82, 2.24) is 0 Å². The van der Waals surface area contributed by atoms with Gasteiger partial charge in [0, 0.05) is 0 Å². The third-order valence-electron chi connectivity index (χ3n) is 4.91. The van der Waals surface area contributed by atoms with Gasteiger partial charge in [-0.15, -0.1) is 0 Å². The molecule has 1 heterocycles. The van der Waals surface area contributed by atoms with Gasteiger partial charge in [0.05, 0.1) is 20.3 Å². The van der Waals surface area contributed by atoms with Gasteiger partial charge in [-0.25, -0.2) is 4.39 Å². The van der Waals surface area contributed by atoms with E-state index >= 15 is 0 Å². The van der Waals surface area contributed by atoms with E-state index in [9.17, 15) is 8.78 Å². The van der Waals surface area contributed by atoms with Crippen LogP contribution in [0.4, 0.5) is 8.78 Å². The summed E-state index contributed by atoms with van der Waals surface area (Å²) in [6, 6.07) is 3.14. The van der Waals surface area contributed by atoms with Gasteiger partial charge < -0.3 is 14.2 Å². The summed E-state index contributed by atoms with van der Waals surface area (Å²) in [5, 5.41) is 0. The van der Waals surface area contributed by atoms with Crippen LogP contribution in [0.1, 0.15) is 37.2 Å². The van der Waals surface area contributed by atoms with Crippen molar-refractivity contribution in [3.8, 4) is 5.75 Å². The zero-order valence-corrected chi connectivity index (χ0v) is 13.3. The quantitative estimate of drug-likeness (QED) is 0.778. The van der Waals surface area contributed by atoms with Crippen molar-refractivity contribution in [3.63, 3.8) is 0 Å². The van der Waals surface area contributed by atoms with Gasteiger partial charge >= 0.3 is 0 Å². The summed E-state index contributed by atoms with van der Waals surface area (Å²) in [6.45, 7) is 5.32. The number of halogens is 2. The molecule has 23 heavy (non-hydrogen) atoms. The van der Waals surface area contributed by atoms with Gasteiger partial charge in [0.2, 0.25) is 5.82 Å². The molecule has 1 saturated heterocycles. The van der Waals surface area contributed by atoms with Crippen molar-refractivity contribution in [2.24, 2.45) is 5.92 Å². The maximum absolute atomic E-state index is 14.2. The van der Waals surface area contributed by atoms with Crippen LogP contribution in [0.2, 0.25) is 0 Å². The Bertz CT molecular complexity index is 574. The Labute approximate surface area is 135 Å². The lowest BCUT2D eigenvalue weighted by Crippen LogP contribution is -2.22. The predicted octanol–water partition coefficient (Wildman–Crippen LogP) is 4.18. The molecule has 0 N–H and O–H groups in total. The minimum Gasteiger partial charge on any atom is -0.494 e. The van der Waals surface area contributed by atoms with Gasteiger partial charge in [-0.05, 0) is 54.7 Å². The standard InChI is InChI=1S/C18H22F2O3/c1-11(18-22-9-10-23-18)12-3-5-13(6-4-12)14-7-8-15(21-2)17(20)16(14)19/h7-8,12-13,18H,1,3-6,9-10H2,2H3. The minimum absolute atomic E-state index is 0.0323. The second-order valence-corrected chi connectivity index (χ2v) is 6.18. The molecule has 0 atom stereocenters. The molecule has 0 bridgehead atoms. The normalized spacial score (nSPS) is 25.5. The SMILES string of the molecule is C=C(C1CCC(c2ccc(OC)c(F)c2F)CC1)C1OCCO1. The lowest BCUT2D eigenvalue weighted by Gasteiger charge is -2.31. The van der Waals surface area contributed by atoms with E-state index in [1.165, 1.54) is 13.2 Å². The average molecular weight is 324 g/mol. The van der Waals surface area contributed by atoms with Crippen LogP contribution in [0.3, 0.4) is 0 Å². The van der Waals surface area contributed by atoms with E-state index in [0.717, 1.165) is 31.3 Å². The highest BCUT2D eigenvalue weighted by Crippen LogP contribution is 2.41. The Morgan fingerprint density at radius 3 is 2.35 bits per heavy atom. The number of methoxy groups -OCH3 is 1. The summed E-state index contributed by atoms with van der Waals surface area (Å²) in [5.74, 6) is -1.38. The summed E-state index contributed by atoms with van der Waals surface area (Å²) < 4.78 is 43.9. The summed E-state index contributed by atoms with van der Waals surface area (Å²) in [5.41, 5.74) is 1.42. The van der Waals surface area contributed by atoms with Crippen LogP contribution in [0.5, 0.6) is 5.75 Å². The van der Waals surface area contributed by atoms with Crippen molar-refractivity contribution >= 4 is 0 Å². The molecule has 1 aromatic carbocycles. The maximum atomic E-state index is 14.2. The zero-order chi connectivity index (χ0) is 16.4. The molecule has 2 aliphatic rings. The summed E-state index contributed by atoms with van der Waals surface area (Å²) in [4.78, 5) is 0. The number of benzene rings is 1. The van der Waals surface area contributed by atoms with E-state index in [2.05, 4.69) is 6.58 Å². The molecule has 3 nitrogen and oxygen atoms in total. The van der Waals surface area contributed by atoms with E-state index in [4.69, 9.17) is 14.2 Å². The first-order valence-corrected chi connectivity index (χ1v) is 8.05. The second-order valence-electron chi connectivity index (χ2n) is 6.18. The first-order chi connectivity index (χ1) is 11.1. The number of hydrogen-bond donors (Lipinski definition) is 0. The first-order valence-electron chi connectivity index (χ1n) is 8.05. The van der Waals surface area contributed by atoms with E-state index in [-0.39, 0.29) is 18.0 Å². The minimum atomic E-state index is -0.899. The molecule has 1 saturated carbocycles. The molecule has 1 aliphatic carbocycles. The molecule has 5 heteroatoms. The van der Waals surface area contributed by atoms with Crippen LogP contribution >= 0.6 is 0 Å².